The first-order valence-electron chi connectivity index (χ1n) is 7.05. The Morgan fingerprint density at radius 1 is 1.30 bits per heavy atom. The number of aromatic nitrogens is 2. The van der Waals surface area contributed by atoms with Gasteiger partial charge in [0.05, 0.1) is 18.0 Å². The monoisotopic (exact) mass is 336 g/mol. The summed E-state index contributed by atoms with van der Waals surface area (Å²) in [6.07, 6.45) is 3.28. The lowest BCUT2D eigenvalue weighted by Gasteiger charge is -2.08. The zero-order chi connectivity index (χ0) is 16.7. The third-order valence-electron chi connectivity index (χ3n) is 2.85. The van der Waals surface area contributed by atoms with Gasteiger partial charge in [-0.3, -0.25) is 14.2 Å². The summed E-state index contributed by atoms with van der Waals surface area (Å²) in [6, 6.07) is 6.12. The number of carbonyl (C=O) groups is 2. The Morgan fingerprint density at radius 2 is 2.13 bits per heavy atom. The lowest BCUT2D eigenvalue weighted by atomic mass is 10.3. The first kappa shape index (κ1) is 17.0. The second-order valence-electron chi connectivity index (χ2n) is 4.58. The molecular formula is C15H17FN4O2S. The smallest absolute Gasteiger partial charge is 0.239 e. The summed E-state index contributed by atoms with van der Waals surface area (Å²) in [5.74, 6) is -0.722. The Bertz CT molecular complexity index is 690. The minimum atomic E-state index is -0.341. The first-order chi connectivity index (χ1) is 11.1. The van der Waals surface area contributed by atoms with Crippen molar-refractivity contribution in [1.29, 1.82) is 0 Å². The summed E-state index contributed by atoms with van der Waals surface area (Å²) in [5.41, 5.74) is 0.632. The van der Waals surface area contributed by atoms with E-state index in [0.717, 1.165) is 0 Å². The molecule has 0 saturated heterocycles. The predicted molar refractivity (Wildman–Crippen MR) is 85.9 cm³/mol. The molecule has 1 heterocycles. The van der Waals surface area contributed by atoms with Crippen LogP contribution in [0.2, 0.25) is 0 Å². The number of imidazole rings is 1. The van der Waals surface area contributed by atoms with E-state index in [2.05, 4.69) is 15.6 Å². The lowest BCUT2D eigenvalue weighted by Crippen LogP contribution is -2.37. The molecule has 6 nitrogen and oxygen atoms in total. The Labute approximate surface area is 137 Å². The van der Waals surface area contributed by atoms with Crippen molar-refractivity contribution in [2.75, 3.05) is 18.8 Å². The van der Waals surface area contributed by atoms with Gasteiger partial charge in [0.25, 0.3) is 0 Å². The Morgan fingerprint density at radius 3 is 2.87 bits per heavy atom. The minimum Gasteiger partial charge on any atom is -0.355 e. The van der Waals surface area contributed by atoms with Gasteiger partial charge >= 0.3 is 0 Å². The van der Waals surface area contributed by atoms with Crippen LogP contribution in [0.1, 0.15) is 6.92 Å². The maximum atomic E-state index is 13.3. The topological polar surface area (TPSA) is 76.0 Å². The Hall–Kier alpha value is -2.35. The molecule has 122 valence electrons. The standard InChI is InChI=1S/C15H17FN4O2S/c1-2-17-13(21)9-19-14(22)10-23-15-18-6-7-20(15)12-5-3-4-11(16)8-12/h3-8H,2,9-10H2,1H3,(H,17,21)(H,19,22). The SMILES string of the molecule is CCNC(=O)CNC(=O)CSc1nccn1-c1cccc(F)c1. The molecule has 2 aromatic rings. The van der Waals surface area contributed by atoms with E-state index in [1.807, 2.05) is 6.92 Å². The van der Waals surface area contributed by atoms with Crippen molar-refractivity contribution in [3.05, 3.63) is 42.5 Å². The highest BCUT2D eigenvalue weighted by atomic mass is 32.2. The van der Waals surface area contributed by atoms with Crippen molar-refractivity contribution in [1.82, 2.24) is 20.2 Å². The third-order valence-corrected chi connectivity index (χ3v) is 3.81. The molecule has 8 heteroatoms. The maximum absolute atomic E-state index is 13.3. The van der Waals surface area contributed by atoms with E-state index in [9.17, 15) is 14.0 Å². The average Bonchev–Trinajstić information content (AvgIpc) is 3.00. The number of nitrogens with zero attached hydrogens (tertiary/aromatic N) is 2. The number of amides is 2. The lowest BCUT2D eigenvalue weighted by molar-refractivity contribution is -0.124. The molecule has 0 bridgehead atoms. The highest BCUT2D eigenvalue weighted by molar-refractivity contribution is 7.99. The molecule has 0 saturated carbocycles. The predicted octanol–water partition coefficient (Wildman–Crippen LogP) is 1.36. The fourth-order valence-corrected chi connectivity index (χ4v) is 2.64. The molecule has 2 rings (SSSR count). The van der Waals surface area contributed by atoms with Gasteiger partial charge in [-0.05, 0) is 25.1 Å². The first-order valence-corrected chi connectivity index (χ1v) is 8.04. The summed E-state index contributed by atoms with van der Waals surface area (Å²) in [6.45, 7) is 2.28. The molecule has 1 aromatic heterocycles. The van der Waals surface area contributed by atoms with Crippen LogP contribution in [0.3, 0.4) is 0 Å². The fraction of sp³-hybridized carbons (Fsp3) is 0.267. The van der Waals surface area contributed by atoms with Gasteiger partial charge in [-0.15, -0.1) is 0 Å². The van der Waals surface area contributed by atoms with E-state index in [1.54, 1.807) is 29.1 Å². The molecule has 23 heavy (non-hydrogen) atoms. The molecule has 0 aliphatic heterocycles. The van der Waals surface area contributed by atoms with Crippen LogP contribution in [0.5, 0.6) is 0 Å². The molecule has 0 radical (unpaired) electrons. The Kier molecular flexibility index (Phi) is 6.16. The number of thioether (sulfide) groups is 1. The third kappa shape index (κ3) is 5.10. The molecule has 2 N–H and O–H groups in total. The van der Waals surface area contributed by atoms with Gasteiger partial charge in [0.1, 0.15) is 5.82 Å². The summed E-state index contributed by atoms with van der Waals surface area (Å²) in [7, 11) is 0. The molecule has 0 aliphatic rings. The largest absolute Gasteiger partial charge is 0.355 e. The van der Waals surface area contributed by atoms with Gasteiger partial charge < -0.3 is 10.6 Å². The summed E-state index contributed by atoms with van der Waals surface area (Å²) >= 11 is 1.21. The number of likely N-dealkylation sites (N-methyl/N-ethyl adjacent to an activating group) is 1. The van der Waals surface area contributed by atoms with Gasteiger partial charge in [-0.25, -0.2) is 9.37 Å². The summed E-state index contributed by atoms with van der Waals surface area (Å²) in [5, 5.41) is 5.70. The average molecular weight is 336 g/mol. The molecule has 2 amide bonds. The summed E-state index contributed by atoms with van der Waals surface area (Å²) in [4.78, 5) is 27.2. The van der Waals surface area contributed by atoms with E-state index in [-0.39, 0.29) is 29.9 Å². The van der Waals surface area contributed by atoms with E-state index in [1.165, 1.54) is 23.9 Å². The molecular weight excluding hydrogens is 319 g/mol. The second-order valence-corrected chi connectivity index (χ2v) is 5.52. The number of nitrogens with one attached hydrogen (secondary N) is 2. The van der Waals surface area contributed by atoms with Gasteiger partial charge in [0.15, 0.2) is 5.16 Å². The molecule has 0 atom stereocenters. The van der Waals surface area contributed by atoms with Crippen LogP contribution in [0, 0.1) is 5.82 Å². The number of hydrogen-bond donors (Lipinski definition) is 2. The van der Waals surface area contributed by atoms with Crippen molar-refractivity contribution in [3.8, 4) is 5.69 Å². The summed E-state index contributed by atoms with van der Waals surface area (Å²) < 4.78 is 15.0. The zero-order valence-electron chi connectivity index (χ0n) is 12.6. The normalized spacial score (nSPS) is 10.3. The van der Waals surface area contributed by atoms with Crippen LogP contribution in [0.15, 0.2) is 41.8 Å². The van der Waals surface area contributed by atoms with Gasteiger partial charge in [0, 0.05) is 18.9 Å². The van der Waals surface area contributed by atoms with Crippen LogP contribution in [0.4, 0.5) is 4.39 Å². The Balaban J connectivity index is 1.91. The second kappa shape index (κ2) is 8.33. The van der Waals surface area contributed by atoms with Crippen molar-refractivity contribution >= 4 is 23.6 Å². The molecule has 0 fully saturated rings. The highest BCUT2D eigenvalue weighted by Crippen LogP contribution is 2.20. The van der Waals surface area contributed by atoms with Gasteiger partial charge in [0.2, 0.25) is 11.8 Å². The minimum absolute atomic E-state index is 0.0500. The fourth-order valence-electron chi connectivity index (χ4n) is 1.84. The number of benzene rings is 1. The molecule has 1 aromatic carbocycles. The van der Waals surface area contributed by atoms with E-state index in [0.29, 0.717) is 17.4 Å². The van der Waals surface area contributed by atoms with Crippen LogP contribution in [-0.4, -0.2) is 40.2 Å². The highest BCUT2D eigenvalue weighted by Gasteiger charge is 2.10. The number of rotatable bonds is 7. The van der Waals surface area contributed by atoms with Crippen molar-refractivity contribution < 1.29 is 14.0 Å². The van der Waals surface area contributed by atoms with Crippen molar-refractivity contribution in [2.45, 2.75) is 12.1 Å². The number of carbonyl (C=O) groups excluding carboxylic acids is 2. The van der Waals surface area contributed by atoms with Crippen LogP contribution in [-0.2, 0) is 9.59 Å². The van der Waals surface area contributed by atoms with Crippen LogP contribution in [0.25, 0.3) is 5.69 Å². The van der Waals surface area contributed by atoms with Crippen LogP contribution < -0.4 is 10.6 Å². The van der Waals surface area contributed by atoms with Gasteiger partial charge in [-0.1, -0.05) is 17.8 Å². The molecule has 0 unspecified atom stereocenters. The van der Waals surface area contributed by atoms with Crippen molar-refractivity contribution in [3.63, 3.8) is 0 Å². The molecule has 0 aliphatic carbocycles. The number of halogens is 1. The van der Waals surface area contributed by atoms with Gasteiger partial charge in [-0.2, -0.15) is 0 Å². The quantitative estimate of drug-likeness (QED) is 0.749. The zero-order valence-corrected chi connectivity index (χ0v) is 13.4. The van der Waals surface area contributed by atoms with Crippen LogP contribution >= 0.6 is 11.8 Å². The van der Waals surface area contributed by atoms with E-state index < -0.39 is 0 Å². The molecule has 0 spiro atoms. The van der Waals surface area contributed by atoms with Crippen molar-refractivity contribution in [2.24, 2.45) is 0 Å². The van der Waals surface area contributed by atoms with E-state index >= 15 is 0 Å². The van der Waals surface area contributed by atoms with E-state index in [4.69, 9.17) is 0 Å². The number of hydrogen-bond acceptors (Lipinski definition) is 4. The maximum Gasteiger partial charge on any atom is 0.239 e.